The van der Waals surface area contributed by atoms with Crippen LogP contribution in [0, 0.1) is 34.4 Å². The number of aromatic nitrogens is 2. The molecule has 1 aromatic heterocycles. The fourth-order valence-corrected chi connectivity index (χ4v) is 6.68. The third kappa shape index (κ3) is 9.82. The number of rotatable bonds is 12. The maximum absolute atomic E-state index is 15.6. The molecule has 276 valence electrons. The van der Waals surface area contributed by atoms with Crippen molar-refractivity contribution < 1.29 is 23.3 Å². The number of hydrogen-bond acceptors (Lipinski definition) is 8. The summed E-state index contributed by atoms with van der Waals surface area (Å²) in [7, 11) is 0. The smallest absolute Gasteiger partial charge is 0.407 e. The Morgan fingerprint density at radius 2 is 1.70 bits per heavy atom. The highest BCUT2D eigenvalue weighted by atomic mass is 32.2. The Morgan fingerprint density at radius 3 is 2.32 bits per heavy atom. The van der Waals surface area contributed by atoms with Gasteiger partial charge in [-0.2, -0.15) is 15.6 Å². The highest BCUT2D eigenvalue weighted by molar-refractivity contribution is 7.90. The molecule has 2 atom stereocenters. The van der Waals surface area contributed by atoms with Crippen LogP contribution in [0.1, 0.15) is 106 Å². The second kappa shape index (κ2) is 15.8. The Hall–Kier alpha value is -5.21. The predicted octanol–water partition coefficient (Wildman–Crippen LogP) is 7.52. The van der Waals surface area contributed by atoms with E-state index in [1.54, 1.807) is 63.2 Å². The fourth-order valence-electron chi connectivity index (χ4n) is 5.72. The summed E-state index contributed by atoms with van der Waals surface area (Å²) in [5, 5.41) is 29.0. The van der Waals surface area contributed by atoms with Crippen molar-refractivity contribution in [3.8, 4) is 17.8 Å². The first-order chi connectivity index (χ1) is 25.0. The average molecular weight is 738 g/mol. The minimum absolute atomic E-state index is 0.0753. The van der Waals surface area contributed by atoms with Crippen LogP contribution in [0.3, 0.4) is 0 Å². The molecule has 0 bridgehead atoms. The summed E-state index contributed by atoms with van der Waals surface area (Å²) < 4.78 is 38.8. The number of benzene rings is 3. The van der Waals surface area contributed by atoms with E-state index in [9.17, 15) is 24.7 Å². The van der Waals surface area contributed by atoms with Crippen molar-refractivity contribution in [1.29, 1.82) is 10.5 Å². The number of ether oxygens (including phenoxy) is 1. The van der Waals surface area contributed by atoms with Gasteiger partial charge in [0.25, 0.3) is 5.91 Å². The van der Waals surface area contributed by atoms with E-state index in [4.69, 9.17) is 4.74 Å². The van der Waals surface area contributed by atoms with Gasteiger partial charge in [-0.25, -0.2) is 13.9 Å². The molecule has 1 saturated carbocycles. The van der Waals surface area contributed by atoms with E-state index in [2.05, 4.69) is 26.5 Å². The first-order valence-electron chi connectivity index (χ1n) is 17.4. The van der Waals surface area contributed by atoms with Gasteiger partial charge >= 0.3 is 6.09 Å². The van der Waals surface area contributed by atoms with Crippen LogP contribution in [-0.2, 0) is 28.2 Å². The summed E-state index contributed by atoms with van der Waals surface area (Å²) >= 11 is -1.56. The lowest BCUT2D eigenvalue weighted by Gasteiger charge is -2.39. The fraction of sp³-hybridized carbons (Fsp3) is 0.375. The third-order valence-corrected chi connectivity index (χ3v) is 10.4. The van der Waals surface area contributed by atoms with Crippen LogP contribution in [0.2, 0.25) is 0 Å². The van der Waals surface area contributed by atoms with E-state index >= 15 is 4.39 Å². The lowest BCUT2D eigenvalue weighted by Crippen LogP contribution is -2.52. The van der Waals surface area contributed by atoms with E-state index in [-0.39, 0.29) is 23.5 Å². The van der Waals surface area contributed by atoms with Crippen LogP contribution in [-0.4, -0.2) is 36.7 Å². The molecule has 1 unspecified atom stereocenters. The Balaban J connectivity index is 1.46. The van der Waals surface area contributed by atoms with Crippen LogP contribution in [0.5, 0.6) is 0 Å². The third-order valence-electron chi connectivity index (χ3n) is 8.74. The first kappa shape index (κ1) is 39.0. The Bertz CT molecular complexity index is 2050. The van der Waals surface area contributed by atoms with Gasteiger partial charge in [-0.3, -0.25) is 4.79 Å². The van der Waals surface area contributed by atoms with Gasteiger partial charge in [0.05, 0.1) is 28.6 Å². The zero-order chi connectivity index (χ0) is 38.6. The first-order valence-corrected chi connectivity index (χ1v) is 18.5. The van der Waals surface area contributed by atoms with Crippen LogP contribution < -0.4 is 15.4 Å². The highest BCUT2D eigenvalue weighted by Crippen LogP contribution is 2.43. The van der Waals surface area contributed by atoms with E-state index in [1.165, 1.54) is 23.0 Å². The number of nitriles is 2. The lowest BCUT2D eigenvalue weighted by atomic mass is 9.79. The van der Waals surface area contributed by atoms with Crippen molar-refractivity contribution in [2.24, 2.45) is 5.92 Å². The maximum Gasteiger partial charge on any atom is 0.407 e. The summed E-state index contributed by atoms with van der Waals surface area (Å²) in [6, 6.07) is 22.5. The molecule has 1 aliphatic carbocycles. The van der Waals surface area contributed by atoms with Gasteiger partial charge in [-0.15, -0.1) is 4.72 Å². The van der Waals surface area contributed by atoms with Gasteiger partial charge in [-0.1, -0.05) is 43.2 Å². The van der Waals surface area contributed by atoms with Gasteiger partial charge in [0.15, 0.2) is 5.69 Å². The summed E-state index contributed by atoms with van der Waals surface area (Å²) in [5.41, 5.74) is 0.943. The molecule has 0 aliphatic heterocycles. The van der Waals surface area contributed by atoms with Gasteiger partial charge in [0.1, 0.15) is 27.8 Å². The van der Waals surface area contributed by atoms with Crippen molar-refractivity contribution in [1.82, 2.24) is 19.8 Å². The van der Waals surface area contributed by atoms with Crippen LogP contribution >= 0.6 is 0 Å². The molecule has 1 fully saturated rings. The quantitative estimate of drug-likeness (QED) is 0.126. The van der Waals surface area contributed by atoms with Gasteiger partial charge in [0, 0.05) is 24.1 Å². The van der Waals surface area contributed by atoms with E-state index < -0.39 is 45.1 Å². The SMILES string of the molecule is CC(C)(C)OC(=O)NCc1cccc(-n2cc(C(=O)Nc3cc([C@@](CCC4CC4)(N[S+]([O-])C(C)(C)C)c4ccc(C#N)cc4)ccc3F)c(C#N)n2)c1. The van der Waals surface area contributed by atoms with E-state index in [0.29, 0.717) is 29.2 Å². The van der Waals surface area contributed by atoms with Crippen molar-refractivity contribution >= 4 is 29.0 Å². The number of anilines is 1. The molecular formula is C40H44FN7O4S. The zero-order valence-electron chi connectivity index (χ0n) is 30.7. The van der Waals surface area contributed by atoms with E-state index in [0.717, 1.165) is 30.4 Å². The standard InChI is InChI=1S/C40H44FN7O4S/c1-38(2,3)52-37(50)44-24-28-8-7-9-31(20-28)48-25-32(35(23-43)46-48)36(49)45-34-21-30(16-17-33(34)41)40(19-18-26-10-11-26,47-53(51)39(4,5)6)29-14-12-27(22-42)13-15-29/h7-9,12-17,20-21,25-26,47H,10-11,18-19,24H2,1-6H3,(H,44,50)(H,45,49)/t40-,53?/m0/s1. The topological polar surface area (TPSA) is 168 Å². The molecule has 53 heavy (non-hydrogen) atoms. The molecule has 0 spiro atoms. The molecule has 0 radical (unpaired) electrons. The Kier molecular flexibility index (Phi) is 11.6. The van der Waals surface area contributed by atoms with E-state index in [1.807, 2.05) is 39.0 Å². The molecule has 11 nitrogen and oxygen atoms in total. The van der Waals surface area contributed by atoms with Gasteiger partial charge in [0.2, 0.25) is 0 Å². The zero-order valence-corrected chi connectivity index (χ0v) is 31.6. The van der Waals surface area contributed by atoms with Crippen molar-refractivity contribution in [3.05, 3.63) is 112 Å². The average Bonchev–Trinajstić information content (AvgIpc) is 3.84. The molecule has 3 aromatic carbocycles. The summed E-state index contributed by atoms with van der Waals surface area (Å²) in [6.07, 6.45) is 4.36. The largest absolute Gasteiger partial charge is 0.598 e. The second-order valence-electron chi connectivity index (χ2n) is 15.2. The lowest BCUT2D eigenvalue weighted by molar-refractivity contribution is 0.0523. The molecule has 1 aliphatic rings. The van der Waals surface area contributed by atoms with Crippen LogP contribution in [0.25, 0.3) is 5.69 Å². The number of halogens is 1. The number of alkyl carbamates (subject to hydrolysis) is 1. The van der Waals surface area contributed by atoms with Crippen LogP contribution in [0.4, 0.5) is 14.9 Å². The number of hydrogen-bond donors (Lipinski definition) is 3. The number of carbonyl (C=O) groups excluding carboxylic acids is 2. The van der Waals surface area contributed by atoms with Crippen molar-refractivity contribution in [2.75, 3.05) is 5.32 Å². The molecule has 2 amide bonds. The number of nitrogens with zero attached hydrogens (tertiary/aromatic N) is 4. The molecule has 5 rings (SSSR count). The summed E-state index contributed by atoms with van der Waals surface area (Å²) in [4.78, 5) is 25.9. The summed E-state index contributed by atoms with van der Waals surface area (Å²) in [6.45, 7) is 11.1. The highest BCUT2D eigenvalue weighted by Gasteiger charge is 2.43. The number of carbonyl (C=O) groups is 2. The van der Waals surface area contributed by atoms with Crippen LogP contribution in [0.15, 0.2) is 72.9 Å². The summed E-state index contributed by atoms with van der Waals surface area (Å²) in [5.74, 6) is -0.939. The Morgan fingerprint density at radius 1 is 1.00 bits per heavy atom. The van der Waals surface area contributed by atoms with Gasteiger partial charge in [-0.05, 0) is 113 Å². The minimum Gasteiger partial charge on any atom is -0.598 e. The van der Waals surface area contributed by atoms with Gasteiger partial charge < -0.3 is 19.9 Å². The monoisotopic (exact) mass is 737 g/mol. The normalized spacial score (nSPS) is 14.7. The predicted molar refractivity (Wildman–Crippen MR) is 201 cm³/mol. The maximum atomic E-state index is 15.6. The molecule has 3 N–H and O–H groups in total. The van der Waals surface area contributed by atoms with Crippen molar-refractivity contribution in [3.63, 3.8) is 0 Å². The number of amides is 2. The number of nitrogens with one attached hydrogen (secondary N) is 3. The molecule has 13 heteroatoms. The molecule has 0 saturated heterocycles. The van der Waals surface area contributed by atoms with Crippen molar-refractivity contribution in [2.45, 2.75) is 89.7 Å². The second-order valence-corrected chi connectivity index (χ2v) is 17.1. The molecule has 1 heterocycles. The minimum atomic E-state index is -1.56. The molecular weight excluding hydrogens is 694 g/mol. The Labute approximate surface area is 312 Å². The molecule has 4 aromatic rings.